The molecule has 2 aliphatic rings. The van der Waals surface area contributed by atoms with Gasteiger partial charge in [0, 0.05) is 25.0 Å². The van der Waals surface area contributed by atoms with E-state index in [1.165, 1.54) is 0 Å². The van der Waals surface area contributed by atoms with Crippen molar-refractivity contribution in [1.29, 1.82) is 0 Å². The number of ether oxygens (including phenoxy) is 1. The number of rotatable bonds is 5. The third-order valence-electron chi connectivity index (χ3n) is 6.63. The zero-order valence-corrected chi connectivity index (χ0v) is 22.5. The Labute approximate surface area is 217 Å². The fourth-order valence-electron chi connectivity index (χ4n) is 4.51. The fourth-order valence-corrected chi connectivity index (χ4v) is 6.01. The summed E-state index contributed by atoms with van der Waals surface area (Å²) in [5, 5.41) is 7.34. The van der Waals surface area contributed by atoms with Crippen LogP contribution in [-0.2, 0) is 21.1 Å². The zero-order chi connectivity index (χ0) is 26.4. The van der Waals surface area contributed by atoms with E-state index in [0.29, 0.717) is 29.8 Å². The molecule has 0 unspecified atom stereocenters. The molecule has 2 aromatic carbocycles. The van der Waals surface area contributed by atoms with Gasteiger partial charge >= 0.3 is 6.09 Å². The fraction of sp³-hybridized carbons (Fsp3) is 0.444. The van der Waals surface area contributed by atoms with Gasteiger partial charge < -0.3 is 20.3 Å². The van der Waals surface area contributed by atoms with Crippen LogP contribution in [-0.4, -0.2) is 54.5 Å². The van der Waals surface area contributed by atoms with Crippen molar-refractivity contribution in [2.45, 2.75) is 63.1 Å². The lowest BCUT2D eigenvalue weighted by Gasteiger charge is -2.25. The number of nitrogens with zero attached hydrogens (tertiary/aromatic N) is 3. The van der Waals surface area contributed by atoms with Crippen LogP contribution in [0.2, 0.25) is 0 Å². The van der Waals surface area contributed by atoms with E-state index in [1.807, 2.05) is 62.9 Å². The highest BCUT2D eigenvalue weighted by molar-refractivity contribution is 7.91. The first kappa shape index (κ1) is 25.3. The molecule has 0 saturated heterocycles. The standard InChI is InChI=1S/C27H33N5O4S/c1-18-9-10-21-20(15-18)23(28-17-27(11-12-27)31-25(33)36-26(2,3)4)30-24(29-21)32-13-14-37(34,35)22-8-6-5-7-19(22)16-32/h5-10,15H,11-14,16-17H2,1-4H3,(H,31,33)(H,28,29,30). The number of hydrogen-bond donors (Lipinski definition) is 2. The van der Waals surface area contributed by atoms with Crippen LogP contribution in [0.15, 0.2) is 47.4 Å². The first-order chi connectivity index (χ1) is 17.4. The second-order valence-electron chi connectivity index (χ2n) is 11.0. The second kappa shape index (κ2) is 9.16. The van der Waals surface area contributed by atoms with Gasteiger partial charge in [-0.05, 0) is 64.3 Å². The van der Waals surface area contributed by atoms with Gasteiger partial charge in [0.05, 0.1) is 21.7 Å². The normalized spacial score (nSPS) is 18.0. The number of hydrogen-bond acceptors (Lipinski definition) is 8. The summed E-state index contributed by atoms with van der Waals surface area (Å²) in [7, 11) is -3.39. The molecule has 2 heterocycles. The Morgan fingerprint density at radius 2 is 1.89 bits per heavy atom. The van der Waals surface area contributed by atoms with E-state index in [9.17, 15) is 13.2 Å². The molecule has 0 radical (unpaired) electrons. The Hall–Kier alpha value is -3.40. The molecule has 5 rings (SSSR count). The lowest BCUT2D eigenvalue weighted by molar-refractivity contribution is 0.0500. The summed E-state index contributed by atoms with van der Waals surface area (Å²) in [5.41, 5.74) is 1.63. The van der Waals surface area contributed by atoms with E-state index in [1.54, 1.807) is 12.1 Å². The molecule has 0 bridgehead atoms. The number of benzene rings is 2. The monoisotopic (exact) mass is 523 g/mol. The topological polar surface area (TPSA) is 114 Å². The van der Waals surface area contributed by atoms with E-state index >= 15 is 0 Å². The molecule has 1 saturated carbocycles. The van der Waals surface area contributed by atoms with Crippen molar-refractivity contribution in [3.05, 3.63) is 53.6 Å². The molecule has 37 heavy (non-hydrogen) atoms. The number of aromatic nitrogens is 2. The molecule has 1 amide bonds. The van der Waals surface area contributed by atoms with Crippen LogP contribution < -0.4 is 15.5 Å². The van der Waals surface area contributed by atoms with Crippen molar-refractivity contribution in [1.82, 2.24) is 15.3 Å². The van der Waals surface area contributed by atoms with Crippen LogP contribution >= 0.6 is 0 Å². The number of fused-ring (bicyclic) bond motifs is 2. The number of sulfone groups is 1. The van der Waals surface area contributed by atoms with Crippen molar-refractivity contribution in [3.63, 3.8) is 0 Å². The molecule has 0 spiro atoms. The highest BCUT2D eigenvalue weighted by atomic mass is 32.2. The maximum atomic E-state index is 12.9. The van der Waals surface area contributed by atoms with E-state index in [-0.39, 0.29) is 17.8 Å². The van der Waals surface area contributed by atoms with E-state index in [4.69, 9.17) is 14.7 Å². The Morgan fingerprint density at radius 1 is 1.14 bits per heavy atom. The molecular formula is C27H33N5O4S. The predicted molar refractivity (Wildman–Crippen MR) is 144 cm³/mol. The third-order valence-corrected chi connectivity index (χ3v) is 8.42. The summed E-state index contributed by atoms with van der Waals surface area (Å²) in [4.78, 5) is 24.3. The number of anilines is 2. The van der Waals surface area contributed by atoms with Crippen molar-refractivity contribution in [3.8, 4) is 0 Å². The summed E-state index contributed by atoms with van der Waals surface area (Å²) in [6.45, 7) is 8.71. The minimum Gasteiger partial charge on any atom is -0.444 e. The highest BCUT2D eigenvalue weighted by Gasteiger charge is 2.45. The summed E-state index contributed by atoms with van der Waals surface area (Å²) in [6, 6.07) is 13.1. The number of carbonyl (C=O) groups excluding carboxylic acids is 1. The van der Waals surface area contributed by atoms with Gasteiger partial charge in [0.25, 0.3) is 0 Å². The third kappa shape index (κ3) is 5.64. The van der Waals surface area contributed by atoms with Gasteiger partial charge in [-0.1, -0.05) is 29.8 Å². The Kier molecular flexibility index (Phi) is 6.26. The van der Waals surface area contributed by atoms with E-state index < -0.39 is 21.5 Å². The number of alkyl carbamates (subject to hydrolysis) is 1. The number of aryl methyl sites for hydroxylation is 1. The van der Waals surface area contributed by atoms with Gasteiger partial charge in [-0.25, -0.2) is 18.2 Å². The molecule has 1 fully saturated rings. The lowest BCUT2D eigenvalue weighted by Crippen LogP contribution is -2.44. The molecule has 1 aromatic heterocycles. The van der Waals surface area contributed by atoms with Crippen molar-refractivity contribution in [2.24, 2.45) is 0 Å². The van der Waals surface area contributed by atoms with Crippen LogP contribution in [0, 0.1) is 6.92 Å². The smallest absolute Gasteiger partial charge is 0.408 e. The Bertz CT molecular complexity index is 1460. The van der Waals surface area contributed by atoms with Crippen LogP contribution in [0.1, 0.15) is 44.7 Å². The molecular weight excluding hydrogens is 490 g/mol. The van der Waals surface area contributed by atoms with Gasteiger partial charge in [-0.3, -0.25) is 0 Å². The zero-order valence-electron chi connectivity index (χ0n) is 21.7. The van der Waals surface area contributed by atoms with Crippen LogP contribution in [0.4, 0.5) is 16.6 Å². The van der Waals surface area contributed by atoms with Gasteiger partial charge in [-0.15, -0.1) is 0 Å². The average Bonchev–Trinajstić information content (AvgIpc) is 3.59. The number of amides is 1. The minimum absolute atomic E-state index is 0.00894. The van der Waals surface area contributed by atoms with Gasteiger partial charge in [0.1, 0.15) is 11.4 Å². The van der Waals surface area contributed by atoms with Crippen LogP contribution in [0.3, 0.4) is 0 Å². The lowest BCUT2D eigenvalue weighted by atomic mass is 10.1. The average molecular weight is 524 g/mol. The molecule has 196 valence electrons. The molecule has 10 heteroatoms. The largest absolute Gasteiger partial charge is 0.444 e. The van der Waals surface area contributed by atoms with Crippen molar-refractivity contribution < 1.29 is 17.9 Å². The van der Waals surface area contributed by atoms with E-state index in [0.717, 1.165) is 34.9 Å². The SMILES string of the molecule is Cc1ccc2nc(N3CCS(=O)(=O)c4ccccc4C3)nc(NCC3(NC(=O)OC(C)(C)C)CC3)c2c1. The maximum Gasteiger partial charge on any atom is 0.408 e. The van der Waals surface area contributed by atoms with Gasteiger partial charge in [0.15, 0.2) is 9.84 Å². The van der Waals surface area contributed by atoms with Crippen molar-refractivity contribution in [2.75, 3.05) is 29.1 Å². The quantitative estimate of drug-likeness (QED) is 0.512. The first-order valence-electron chi connectivity index (χ1n) is 12.5. The molecule has 0 atom stereocenters. The van der Waals surface area contributed by atoms with Crippen LogP contribution in [0.25, 0.3) is 10.9 Å². The van der Waals surface area contributed by atoms with Crippen molar-refractivity contribution >= 4 is 38.6 Å². The highest BCUT2D eigenvalue weighted by Crippen LogP contribution is 2.37. The molecule has 1 aliphatic carbocycles. The minimum atomic E-state index is -3.39. The van der Waals surface area contributed by atoms with Gasteiger partial charge in [-0.2, -0.15) is 4.98 Å². The Balaban J connectivity index is 1.43. The Morgan fingerprint density at radius 3 is 2.62 bits per heavy atom. The summed E-state index contributed by atoms with van der Waals surface area (Å²) in [6.07, 6.45) is 1.25. The summed E-state index contributed by atoms with van der Waals surface area (Å²) < 4.78 is 31.2. The predicted octanol–water partition coefficient (Wildman–Crippen LogP) is 4.20. The van der Waals surface area contributed by atoms with Crippen LogP contribution in [0.5, 0.6) is 0 Å². The first-order valence-corrected chi connectivity index (χ1v) is 14.2. The second-order valence-corrected chi connectivity index (χ2v) is 13.1. The number of carbonyl (C=O) groups is 1. The summed E-state index contributed by atoms with van der Waals surface area (Å²) >= 11 is 0. The van der Waals surface area contributed by atoms with Gasteiger partial charge in [0.2, 0.25) is 5.95 Å². The molecule has 9 nitrogen and oxygen atoms in total. The molecule has 3 aromatic rings. The molecule has 2 N–H and O–H groups in total. The molecule has 1 aliphatic heterocycles. The maximum absolute atomic E-state index is 12.9. The number of nitrogens with one attached hydrogen (secondary N) is 2. The summed E-state index contributed by atoms with van der Waals surface area (Å²) in [5.74, 6) is 1.11. The van der Waals surface area contributed by atoms with E-state index in [2.05, 4.69) is 10.6 Å².